The second kappa shape index (κ2) is 5.10. The van der Waals surface area contributed by atoms with Gasteiger partial charge < -0.3 is 4.57 Å². The van der Waals surface area contributed by atoms with E-state index in [4.69, 9.17) is 12.2 Å². The molecule has 1 aromatic rings. The molecule has 2 rings (SSSR count). The van der Waals surface area contributed by atoms with E-state index in [2.05, 4.69) is 33.5 Å². The van der Waals surface area contributed by atoms with E-state index >= 15 is 0 Å². The Hall–Kier alpha value is -0.680. The number of hydrogen-bond acceptors (Lipinski definition) is 3. The predicted octanol–water partition coefficient (Wildman–Crippen LogP) is 1.99. The molecule has 0 atom stereocenters. The minimum atomic E-state index is 0.753. The van der Waals surface area contributed by atoms with Crippen molar-refractivity contribution in [2.45, 2.75) is 45.7 Å². The Morgan fingerprint density at radius 3 is 2.81 bits per heavy atom. The minimum absolute atomic E-state index is 0.753. The van der Waals surface area contributed by atoms with Gasteiger partial charge in [0.05, 0.1) is 0 Å². The summed E-state index contributed by atoms with van der Waals surface area (Å²) < 4.78 is 2.88. The van der Waals surface area contributed by atoms with Crippen LogP contribution in [0.25, 0.3) is 0 Å². The third kappa shape index (κ3) is 2.52. The summed E-state index contributed by atoms with van der Waals surface area (Å²) in [6.45, 7) is 7.52. The number of nitrogens with one attached hydrogen (secondary N) is 1. The van der Waals surface area contributed by atoms with Crippen LogP contribution in [0.4, 0.5) is 0 Å². The SMILES string of the molecule is CCc1n[nH]c(=S)n1CCN(CC)C1CC1. The largest absolute Gasteiger partial charge is 0.303 e. The summed E-state index contributed by atoms with van der Waals surface area (Å²) in [6, 6.07) is 0.830. The molecule has 1 N–H and O–H groups in total. The van der Waals surface area contributed by atoms with Crippen molar-refractivity contribution in [3.63, 3.8) is 0 Å². The first kappa shape index (κ1) is 11.8. The molecule has 0 saturated heterocycles. The average molecular weight is 240 g/mol. The number of aromatic nitrogens is 3. The van der Waals surface area contributed by atoms with Crippen molar-refractivity contribution in [2.24, 2.45) is 0 Å². The van der Waals surface area contributed by atoms with Crippen LogP contribution in [-0.2, 0) is 13.0 Å². The number of rotatable bonds is 6. The van der Waals surface area contributed by atoms with E-state index in [1.54, 1.807) is 0 Å². The molecule has 0 aromatic carbocycles. The van der Waals surface area contributed by atoms with Gasteiger partial charge in [-0.05, 0) is 31.6 Å². The van der Waals surface area contributed by atoms with Crippen molar-refractivity contribution >= 4 is 12.2 Å². The predicted molar refractivity (Wildman–Crippen MR) is 67.1 cm³/mol. The molecule has 0 amide bonds. The number of aryl methyl sites for hydroxylation is 1. The van der Waals surface area contributed by atoms with E-state index in [1.165, 1.54) is 12.8 Å². The smallest absolute Gasteiger partial charge is 0.195 e. The van der Waals surface area contributed by atoms with Gasteiger partial charge in [-0.3, -0.25) is 10.00 Å². The van der Waals surface area contributed by atoms with Gasteiger partial charge in [0.2, 0.25) is 0 Å². The molecule has 16 heavy (non-hydrogen) atoms. The van der Waals surface area contributed by atoms with Gasteiger partial charge >= 0.3 is 0 Å². The molecule has 0 spiro atoms. The first-order valence-corrected chi connectivity index (χ1v) is 6.55. The zero-order chi connectivity index (χ0) is 11.5. The molecule has 1 saturated carbocycles. The summed E-state index contributed by atoms with van der Waals surface area (Å²) in [5.74, 6) is 1.07. The average Bonchev–Trinajstić information content (AvgIpc) is 3.06. The number of likely N-dealkylation sites (N-methyl/N-ethyl adjacent to an activating group) is 1. The maximum absolute atomic E-state index is 5.24. The topological polar surface area (TPSA) is 36.9 Å². The van der Waals surface area contributed by atoms with Gasteiger partial charge in [0.15, 0.2) is 4.77 Å². The van der Waals surface area contributed by atoms with Gasteiger partial charge in [0.25, 0.3) is 0 Å². The molecular formula is C11H20N4S. The van der Waals surface area contributed by atoms with Gasteiger partial charge in [0, 0.05) is 25.6 Å². The van der Waals surface area contributed by atoms with Crippen molar-refractivity contribution in [3.8, 4) is 0 Å². The van der Waals surface area contributed by atoms with E-state index in [1.807, 2.05) is 0 Å². The van der Waals surface area contributed by atoms with E-state index in [0.717, 1.165) is 42.7 Å². The Balaban J connectivity index is 1.97. The molecule has 1 heterocycles. The van der Waals surface area contributed by atoms with Crippen molar-refractivity contribution in [2.75, 3.05) is 13.1 Å². The molecule has 1 aliphatic rings. The van der Waals surface area contributed by atoms with E-state index < -0.39 is 0 Å². The van der Waals surface area contributed by atoms with Crippen molar-refractivity contribution < 1.29 is 0 Å². The second-order valence-electron chi connectivity index (χ2n) is 4.31. The third-order valence-corrected chi connectivity index (χ3v) is 3.55. The summed E-state index contributed by atoms with van der Waals surface area (Å²) in [7, 11) is 0. The Morgan fingerprint density at radius 1 is 1.50 bits per heavy atom. The lowest BCUT2D eigenvalue weighted by Crippen LogP contribution is -2.29. The van der Waals surface area contributed by atoms with Crippen LogP contribution >= 0.6 is 12.2 Å². The molecule has 1 aliphatic carbocycles. The van der Waals surface area contributed by atoms with Gasteiger partial charge in [-0.2, -0.15) is 5.10 Å². The number of H-pyrrole nitrogens is 1. The molecule has 0 radical (unpaired) electrons. The molecule has 4 nitrogen and oxygen atoms in total. The summed E-state index contributed by atoms with van der Waals surface area (Å²) in [5, 5.41) is 7.10. The second-order valence-corrected chi connectivity index (χ2v) is 4.70. The van der Waals surface area contributed by atoms with E-state index in [-0.39, 0.29) is 0 Å². The molecule has 0 aliphatic heterocycles. The zero-order valence-corrected chi connectivity index (χ0v) is 10.9. The van der Waals surface area contributed by atoms with Crippen molar-refractivity contribution in [1.82, 2.24) is 19.7 Å². The van der Waals surface area contributed by atoms with Crippen molar-refractivity contribution in [1.29, 1.82) is 0 Å². The Bertz CT molecular complexity index is 391. The van der Waals surface area contributed by atoms with Gasteiger partial charge in [-0.25, -0.2) is 0 Å². The maximum atomic E-state index is 5.24. The summed E-state index contributed by atoms with van der Waals surface area (Å²) >= 11 is 5.24. The fraction of sp³-hybridized carbons (Fsp3) is 0.818. The van der Waals surface area contributed by atoms with Crippen LogP contribution < -0.4 is 0 Å². The van der Waals surface area contributed by atoms with Crippen LogP contribution in [0.3, 0.4) is 0 Å². The highest BCUT2D eigenvalue weighted by molar-refractivity contribution is 7.71. The first-order chi connectivity index (χ1) is 7.76. The maximum Gasteiger partial charge on any atom is 0.195 e. The zero-order valence-electron chi connectivity index (χ0n) is 10.1. The lowest BCUT2D eigenvalue weighted by atomic mass is 10.4. The molecule has 1 aromatic heterocycles. The molecule has 5 heteroatoms. The fourth-order valence-corrected chi connectivity index (χ4v) is 2.36. The van der Waals surface area contributed by atoms with Gasteiger partial charge in [0.1, 0.15) is 5.82 Å². The number of hydrogen-bond donors (Lipinski definition) is 1. The summed E-state index contributed by atoms with van der Waals surface area (Å²) in [5.41, 5.74) is 0. The molecule has 1 fully saturated rings. The van der Waals surface area contributed by atoms with Crippen LogP contribution in [-0.4, -0.2) is 38.8 Å². The normalized spacial score (nSPS) is 15.9. The highest BCUT2D eigenvalue weighted by Crippen LogP contribution is 2.26. The van der Waals surface area contributed by atoms with Gasteiger partial charge in [-0.15, -0.1) is 0 Å². The van der Waals surface area contributed by atoms with Crippen LogP contribution in [0.15, 0.2) is 0 Å². The van der Waals surface area contributed by atoms with E-state index in [9.17, 15) is 0 Å². The first-order valence-electron chi connectivity index (χ1n) is 6.14. The lowest BCUT2D eigenvalue weighted by Gasteiger charge is -2.20. The summed E-state index contributed by atoms with van der Waals surface area (Å²) in [4.78, 5) is 2.54. The quantitative estimate of drug-likeness (QED) is 0.773. The van der Waals surface area contributed by atoms with Crippen LogP contribution in [0.2, 0.25) is 0 Å². The molecular weight excluding hydrogens is 220 g/mol. The van der Waals surface area contributed by atoms with Crippen LogP contribution in [0, 0.1) is 4.77 Å². The van der Waals surface area contributed by atoms with Crippen LogP contribution in [0.5, 0.6) is 0 Å². The Morgan fingerprint density at radius 2 is 2.25 bits per heavy atom. The molecule has 0 unspecified atom stereocenters. The third-order valence-electron chi connectivity index (χ3n) is 3.23. The lowest BCUT2D eigenvalue weighted by molar-refractivity contribution is 0.264. The molecule has 0 bridgehead atoms. The highest BCUT2D eigenvalue weighted by atomic mass is 32.1. The standard InChI is InChI=1S/C11H20N4S/c1-3-10-12-13-11(16)15(10)8-7-14(4-2)9-5-6-9/h9H,3-8H2,1-2H3,(H,13,16). The monoisotopic (exact) mass is 240 g/mol. The Labute approximate surface area is 102 Å². The van der Waals surface area contributed by atoms with Crippen LogP contribution in [0.1, 0.15) is 32.5 Å². The van der Waals surface area contributed by atoms with Gasteiger partial charge in [-0.1, -0.05) is 13.8 Å². The molecule has 90 valence electrons. The Kier molecular flexibility index (Phi) is 3.76. The number of aromatic amines is 1. The summed E-state index contributed by atoms with van der Waals surface area (Å²) in [6.07, 6.45) is 3.67. The van der Waals surface area contributed by atoms with E-state index in [0.29, 0.717) is 0 Å². The highest BCUT2D eigenvalue weighted by Gasteiger charge is 2.27. The fourth-order valence-electron chi connectivity index (χ4n) is 2.12. The van der Waals surface area contributed by atoms with Crippen molar-refractivity contribution in [3.05, 3.63) is 10.6 Å². The minimum Gasteiger partial charge on any atom is -0.303 e. The number of nitrogens with zero attached hydrogens (tertiary/aromatic N) is 3.